The number of hydrogen-bond acceptors (Lipinski definition) is 7. The van der Waals surface area contributed by atoms with Crippen LogP contribution in [0.15, 0.2) is 78.0 Å². The zero-order valence-corrected chi connectivity index (χ0v) is 19.7. The Labute approximate surface area is 202 Å². The Kier molecular flexibility index (Phi) is 8.48. The molecule has 0 unspecified atom stereocenters. The van der Waals surface area contributed by atoms with Crippen LogP contribution in [-0.4, -0.2) is 39.1 Å². The van der Waals surface area contributed by atoms with E-state index in [-0.39, 0.29) is 12.4 Å². The molecule has 176 valence electrons. The van der Waals surface area contributed by atoms with E-state index in [4.69, 9.17) is 9.47 Å². The van der Waals surface area contributed by atoms with Crippen LogP contribution in [0.3, 0.4) is 0 Å². The molecule has 1 aromatic heterocycles. The molecule has 0 atom stereocenters. The van der Waals surface area contributed by atoms with Crippen molar-refractivity contribution in [2.24, 2.45) is 0 Å². The molecule has 0 aliphatic rings. The highest BCUT2D eigenvalue weighted by Gasteiger charge is 2.13. The molecule has 1 heterocycles. The predicted octanol–water partition coefficient (Wildman–Crippen LogP) is 4.66. The van der Waals surface area contributed by atoms with Crippen molar-refractivity contribution >= 4 is 11.8 Å². The van der Waals surface area contributed by atoms with E-state index in [0.717, 1.165) is 28.7 Å². The third-order valence-corrected chi connectivity index (χ3v) is 5.88. The number of tetrazole rings is 1. The number of nitrogens with zero attached hydrogens (tertiary/aromatic N) is 4. The van der Waals surface area contributed by atoms with Gasteiger partial charge >= 0.3 is 0 Å². The summed E-state index contributed by atoms with van der Waals surface area (Å²) in [7, 11) is 0. The van der Waals surface area contributed by atoms with Gasteiger partial charge in [-0.1, -0.05) is 60.3 Å². The van der Waals surface area contributed by atoms with Crippen LogP contribution in [0.5, 0.6) is 11.5 Å². The highest BCUT2D eigenvalue weighted by molar-refractivity contribution is 7.99. The Morgan fingerprint density at radius 1 is 0.941 bits per heavy atom. The third-order valence-electron chi connectivity index (χ3n) is 4.96. The fourth-order valence-electron chi connectivity index (χ4n) is 3.34. The monoisotopic (exact) mass is 479 g/mol. The van der Waals surface area contributed by atoms with Gasteiger partial charge in [0.1, 0.15) is 12.4 Å². The minimum Gasteiger partial charge on any atom is -0.490 e. The number of para-hydroxylation sites is 2. The van der Waals surface area contributed by atoms with Gasteiger partial charge < -0.3 is 14.8 Å². The fraction of sp³-hybridized carbons (Fsp3) is 0.240. The molecule has 0 bridgehead atoms. The van der Waals surface area contributed by atoms with E-state index in [2.05, 4.69) is 20.8 Å². The largest absolute Gasteiger partial charge is 0.490 e. The lowest BCUT2D eigenvalue weighted by Crippen LogP contribution is -2.18. The van der Waals surface area contributed by atoms with Gasteiger partial charge in [-0.25, -0.2) is 4.39 Å². The quantitative estimate of drug-likeness (QED) is 0.234. The SMILES string of the molecule is CCOc1cccc(CNCCSc2nnnn2-c2ccccc2)c1OCc1ccccc1F. The second kappa shape index (κ2) is 12.2. The van der Waals surface area contributed by atoms with Crippen LogP contribution in [0.1, 0.15) is 18.1 Å². The maximum Gasteiger partial charge on any atom is 0.214 e. The maximum absolute atomic E-state index is 14.0. The van der Waals surface area contributed by atoms with Crippen LogP contribution < -0.4 is 14.8 Å². The standard InChI is InChI=1S/C25H26FN5O2S/c1-2-32-23-14-8-10-19(24(23)33-18-20-9-6-7-13-22(20)26)17-27-15-16-34-25-28-29-30-31(25)21-11-4-3-5-12-21/h3-14,27H,2,15-18H2,1H3. The van der Waals surface area contributed by atoms with Crippen LogP contribution in [-0.2, 0) is 13.2 Å². The Morgan fingerprint density at radius 3 is 2.56 bits per heavy atom. The van der Waals surface area contributed by atoms with Gasteiger partial charge in [0.2, 0.25) is 5.16 Å². The van der Waals surface area contributed by atoms with Crippen molar-refractivity contribution < 1.29 is 13.9 Å². The van der Waals surface area contributed by atoms with Gasteiger partial charge in [0.05, 0.1) is 12.3 Å². The molecule has 4 rings (SSSR count). The minimum absolute atomic E-state index is 0.127. The van der Waals surface area contributed by atoms with Crippen LogP contribution in [0, 0.1) is 5.82 Å². The summed E-state index contributed by atoms with van der Waals surface area (Å²) < 4.78 is 27.5. The molecule has 0 radical (unpaired) electrons. The van der Waals surface area contributed by atoms with Gasteiger partial charge in [0.15, 0.2) is 11.5 Å². The fourth-order valence-corrected chi connectivity index (χ4v) is 4.12. The summed E-state index contributed by atoms with van der Waals surface area (Å²) in [6.45, 7) is 3.88. The van der Waals surface area contributed by atoms with E-state index >= 15 is 0 Å². The van der Waals surface area contributed by atoms with E-state index in [9.17, 15) is 4.39 Å². The van der Waals surface area contributed by atoms with Gasteiger partial charge in [0, 0.05) is 30.0 Å². The Morgan fingerprint density at radius 2 is 1.74 bits per heavy atom. The van der Waals surface area contributed by atoms with Crippen LogP contribution in [0.25, 0.3) is 5.69 Å². The van der Waals surface area contributed by atoms with Crippen LogP contribution in [0.2, 0.25) is 0 Å². The molecule has 0 fully saturated rings. The first-order valence-electron chi connectivity index (χ1n) is 11.0. The second-order valence-electron chi connectivity index (χ2n) is 7.29. The molecule has 0 spiro atoms. The van der Waals surface area contributed by atoms with E-state index in [1.807, 2.05) is 55.5 Å². The average Bonchev–Trinajstić information content (AvgIpc) is 3.33. The number of aromatic nitrogens is 4. The Balaban J connectivity index is 1.34. The van der Waals surface area contributed by atoms with E-state index in [1.165, 1.54) is 6.07 Å². The molecule has 0 amide bonds. The number of benzene rings is 3. The molecule has 3 aromatic carbocycles. The smallest absolute Gasteiger partial charge is 0.214 e. The molecule has 0 saturated carbocycles. The molecule has 34 heavy (non-hydrogen) atoms. The lowest BCUT2D eigenvalue weighted by molar-refractivity contribution is 0.262. The first-order valence-corrected chi connectivity index (χ1v) is 12.0. The molecule has 4 aromatic rings. The predicted molar refractivity (Wildman–Crippen MR) is 130 cm³/mol. The summed E-state index contributed by atoms with van der Waals surface area (Å²) in [6.07, 6.45) is 0. The van der Waals surface area contributed by atoms with Crippen molar-refractivity contribution in [1.82, 2.24) is 25.5 Å². The molecular formula is C25H26FN5O2S. The number of rotatable bonds is 12. The second-order valence-corrected chi connectivity index (χ2v) is 8.35. The molecule has 9 heteroatoms. The van der Waals surface area contributed by atoms with Crippen molar-refractivity contribution in [2.45, 2.75) is 25.2 Å². The van der Waals surface area contributed by atoms with Gasteiger partial charge in [-0.2, -0.15) is 4.68 Å². The van der Waals surface area contributed by atoms with Gasteiger partial charge in [0.25, 0.3) is 0 Å². The Hall–Kier alpha value is -3.43. The zero-order chi connectivity index (χ0) is 23.6. The summed E-state index contributed by atoms with van der Waals surface area (Å²) in [5.74, 6) is 1.77. The lowest BCUT2D eigenvalue weighted by Gasteiger charge is -2.16. The highest BCUT2D eigenvalue weighted by atomic mass is 32.2. The van der Waals surface area contributed by atoms with Crippen LogP contribution in [0.4, 0.5) is 4.39 Å². The number of halogens is 1. The summed E-state index contributed by atoms with van der Waals surface area (Å²) in [5.41, 5.74) is 2.37. The Bertz CT molecular complexity index is 1190. The van der Waals surface area contributed by atoms with Crippen molar-refractivity contribution in [3.8, 4) is 17.2 Å². The number of ether oxygens (including phenoxy) is 2. The maximum atomic E-state index is 14.0. The normalized spacial score (nSPS) is 10.9. The summed E-state index contributed by atoms with van der Waals surface area (Å²) in [4.78, 5) is 0. The number of hydrogen-bond donors (Lipinski definition) is 1. The minimum atomic E-state index is -0.286. The van der Waals surface area contributed by atoms with E-state index < -0.39 is 0 Å². The molecular weight excluding hydrogens is 453 g/mol. The van der Waals surface area contributed by atoms with Gasteiger partial charge in [-0.05, 0) is 41.6 Å². The lowest BCUT2D eigenvalue weighted by atomic mass is 10.1. The van der Waals surface area contributed by atoms with Crippen molar-refractivity contribution in [1.29, 1.82) is 0 Å². The summed E-state index contributed by atoms with van der Waals surface area (Å²) >= 11 is 1.58. The van der Waals surface area contributed by atoms with Gasteiger partial charge in [-0.3, -0.25) is 0 Å². The topological polar surface area (TPSA) is 74.1 Å². The van der Waals surface area contributed by atoms with Crippen molar-refractivity contribution in [3.05, 3.63) is 89.7 Å². The van der Waals surface area contributed by atoms with Crippen LogP contribution >= 0.6 is 11.8 Å². The summed E-state index contributed by atoms with van der Waals surface area (Å²) in [6, 6.07) is 22.2. The van der Waals surface area contributed by atoms with E-state index in [0.29, 0.717) is 30.2 Å². The van der Waals surface area contributed by atoms with Crippen molar-refractivity contribution in [3.63, 3.8) is 0 Å². The molecule has 0 aliphatic carbocycles. The molecule has 0 aliphatic heterocycles. The third kappa shape index (κ3) is 6.12. The molecule has 1 N–H and O–H groups in total. The van der Waals surface area contributed by atoms with E-state index in [1.54, 1.807) is 34.6 Å². The molecule has 7 nitrogen and oxygen atoms in total. The number of nitrogens with one attached hydrogen (secondary N) is 1. The first-order chi connectivity index (χ1) is 16.8. The first kappa shape index (κ1) is 23.7. The average molecular weight is 480 g/mol. The zero-order valence-electron chi connectivity index (χ0n) is 18.9. The highest BCUT2D eigenvalue weighted by Crippen LogP contribution is 2.32. The van der Waals surface area contributed by atoms with Crippen molar-refractivity contribution in [2.75, 3.05) is 18.9 Å². The number of thioether (sulfide) groups is 1. The summed E-state index contributed by atoms with van der Waals surface area (Å²) in [5, 5.41) is 16.2. The molecule has 0 saturated heterocycles. The van der Waals surface area contributed by atoms with Gasteiger partial charge in [-0.15, -0.1) is 5.10 Å².